The zero-order valence-electron chi connectivity index (χ0n) is 14.7. The highest BCUT2D eigenvalue weighted by molar-refractivity contribution is 6.79. The summed E-state index contributed by atoms with van der Waals surface area (Å²) in [4.78, 5) is 11.7. The molecular weight excluding hydrogens is 274 g/mol. The van der Waals surface area contributed by atoms with E-state index in [1.807, 2.05) is 0 Å². The van der Waals surface area contributed by atoms with E-state index < -0.39 is 8.07 Å². The van der Waals surface area contributed by atoms with Gasteiger partial charge in [-0.1, -0.05) is 43.5 Å². The third-order valence-electron chi connectivity index (χ3n) is 3.74. The minimum atomic E-state index is -1.33. The second-order valence-electron chi connectivity index (χ2n) is 6.99. The lowest BCUT2D eigenvalue weighted by Gasteiger charge is -2.28. The monoisotopic (exact) mass is 309 g/mol. The van der Waals surface area contributed by atoms with Gasteiger partial charge in [0, 0.05) is 13.0 Å². The Hall–Kier alpha value is -0.833. The SMILES string of the molecule is C=C(C)C[Si](C)(CCCNC(=O)CCCCC)CC(=C)C. The topological polar surface area (TPSA) is 29.1 Å². The van der Waals surface area contributed by atoms with E-state index in [0.29, 0.717) is 6.42 Å². The minimum Gasteiger partial charge on any atom is -0.356 e. The van der Waals surface area contributed by atoms with Crippen LogP contribution in [0, 0.1) is 0 Å². The van der Waals surface area contributed by atoms with Crippen molar-refractivity contribution in [2.75, 3.05) is 6.54 Å². The Morgan fingerprint density at radius 2 is 1.62 bits per heavy atom. The number of unbranched alkanes of at least 4 members (excludes halogenated alkanes) is 2. The molecule has 0 aliphatic heterocycles. The number of rotatable bonds is 12. The Bertz CT molecular complexity index is 333. The van der Waals surface area contributed by atoms with Gasteiger partial charge in [-0.15, -0.1) is 13.2 Å². The first-order chi connectivity index (χ1) is 9.79. The average Bonchev–Trinajstić information content (AvgIpc) is 2.33. The molecule has 0 aliphatic carbocycles. The van der Waals surface area contributed by atoms with Gasteiger partial charge in [-0.2, -0.15) is 0 Å². The Balaban J connectivity index is 4.05. The molecule has 0 spiro atoms. The molecule has 0 radical (unpaired) electrons. The molecule has 0 heterocycles. The summed E-state index contributed by atoms with van der Waals surface area (Å²) in [6.07, 6.45) is 5.09. The lowest BCUT2D eigenvalue weighted by atomic mass is 10.2. The molecule has 122 valence electrons. The third kappa shape index (κ3) is 11.5. The van der Waals surface area contributed by atoms with Crippen LogP contribution < -0.4 is 5.32 Å². The van der Waals surface area contributed by atoms with Crippen LogP contribution in [0.5, 0.6) is 0 Å². The molecule has 2 nitrogen and oxygen atoms in total. The van der Waals surface area contributed by atoms with Crippen molar-refractivity contribution in [3.63, 3.8) is 0 Å². The molecule has 3 heteroatoms. The molecule has 0 atom stereocenters. The maximum Gasteiger partial charge on any atom is 0.219 e. The first-order valence-electron chi connectivity index (χ1n) is 8.34. The maximum absolute atomic E-state index is 11.7. The molecule has 0 fully saturated rings. The molecule has 21 heavy (non-hydrogen) atoms. The second-order valence-corrected chi connectivity index (χ2v) is 11.8. The zero-order chi connectivity index (χ0) is 16.3. The van der Waals surface area contributed by atoms with Gasteiger partial charge in [0.25, 0.3) is 0 Å². The molecule has 0 aromatic heterocycles. The van der Waals surface area contributed by atoms with Crippen LogP contribution in [0.15, 0.2) is 24.3 Å². The predicted octanol–water partition coefficient (Wildman–Crippen LogP) is 5.30. The van der Waals surface area contributed by atoms with Crippen molar-refractivity contribution in [2.24, 2.45) is 0 Å². The van der Waals surface area contributed by atoms with Crippen molar-refractivity contribution in [2.45, 2.75) is 77.6 Å². The molecule has 0 unspecified atom stereocenters. The summed E-state index contributed by atoms with van der Waals surface area (Å²) in [5.41, 5.74) is 2.57. The largest absolute Gasteiger partial charge is 0.356 e. The van der Waals surface area contributed by atoms with E-state index >= 15 is 0 Å². The Labute approximate surface area is 133 Å². The molecule has 0 rings (SSSR count). The molecule has 0 aromatic rings. The lowest BCUT2D eigenvalue weighted by molar-refractivity contribution is -0.121. The first kappa shape index (κ1) is 20.2. The highest BCUT2D eigenvalue weighted by atomic mass is 28.3. The van der Waals surface area contributed by atoms with Gasteiger partial charge in [-0.25, -0.2) is 0 Å². The molecule has 0 aromatic carbocycles. The van der Waals surface area contributed by atoms with E-state index in [9.17, 15) is 4.79 Å². The number of amides is 1. The molecule has 0 saturated heterocycles. The summed E-state index contributed by atoms with van der Waals surface area (Å²) in [6, 6.07) is 3.58. The van der Waals surface area contributed by atoms with Crippen LogP contribution in [-0.4, -0.2) is 20.5 Å². The number of nitrogens with one attached hydrogen (secondary N) is 1. The van der Waals surface area contributed by atoms with Crippen LogP contribution in [0.3, 0.4) is 0 Å². The Kier molecular flexibility index (Phi) is 10.4. The van der Waals surface area contributed by atoms with Gasteiger partial charge in [0.2, 0.25) is 5.91 Å². The first-order valence-corrected chi connectivity index (χ1v) is 11.5. The summed E-state index contributed by atoms with van der Waals surface area (Å²) < 4.78 is 0. The minimum absolute atomic E-state index is 0.214. The number of carbonyl (C=O) groups excluding carboxylic acids is 1. The van der Waals surface area contributed by atoms with Crippen LogP contribution in [0.4, 0.5) is 0 Å². The standard InChI is InChI=1S/C18H35NOSi/c1-7-8-9-11-18(20)19-12-10-13-21(6,14-16(2)3)15-17(4)5/h2,4,7-15H2,1,3,5-6H3,(H,19,20). The van der Waals surface area contributed by atoms with Crippen molar-refractivity contribution < 1.29 is 4.79 Å². The van der Waals surface area contributed by atoms with E-state index in [1.165, 1.54) is 35.7 Å². The van der Waals surface area contributed by atoms with Gasteiger partial charge >= 0.3 is 0 Å². The fourth-order valence-electron chi connectivity index (χ4n) is 3.06. The van der Waals surface area contributed by atoms with Crippen molar-refractivity contribution >= 4 is 14.0 Å². The number of allylic oxidation sites excluding steroid dienone is 2. The van der Waals surface area contributed by atoms with Crippen LogP contribution in [0.1, 0.15) is 52.9 Å². The molecule has 0 aliphatic rings. The lowest BCUT2D eigenvalue weighted by Crippen LogP contribution is -2.32. The van der Waals surface area contributed by atoms with Crippen molar-refractivity contribution in [3.8, 4) is 0 Å². The highest BCUT2D eigenvalue weighted by Gasteiger charge is 2.26. The number of carbonyl (C=O) groups is 1. The smallest absolute Gasteiger partial charge is 0.219 e. The summed E-state index contributed by atoms with van der Waals surface area (Å²) in [7, 11) is -1.33. The van der Waals surface area contributed by atoms with Crippen LogP contribution in [0.2, 0.25) is 24.7 Å². The average molecular weight is 310 g/mol. The fourth-order valence-corrected chi connectivity index (χ4v) is 7.49. The van der Waals surface area contributed by atoms with Gasteiger partial charge in [-0.3, -0.25) is 4.79 Å². The van der Waals surface area contributed by atoms with E-state index in [2.05, 4.69) is 45.8 Å². The molecule has 0 bridgehead atoms. The normalized spacial score (nSPS) is 11.2. The van der Waals surface area contributed by atoms with Gasteiger partial charge in [0.15, 0.2) is 0 Å². The molecular formula is C18H35NOSi. The molecule has 1 amide bonds. The maximum atomic E-state index is 11.7. The molecule has 1 N–H and O–H groups in total. The van der Waals surface area contributed by atoms with Gasteiger partial charge < -0.3 is 5.32 Å². The summed E-state index contributed by atoms with van der Waals surface area (Å²) >= 11 is 0. The second kappa shape index (κ2) is 10.8. The van der Waals surface area contributed by atoms with Gasteiger partial charge in [0.1, 0.15) is 0 Å². The highest BCUT2D eigenvalue weighted by Crippen LogP contribution is 2.28. The van der Waals surface area contributed by atoms with E-state index in [0.717, 1.165) is 25.8 Å². The van der Waals surface area contributed by atoms with Gasteiger partial charge in [0.05, 0.1) is 8.07 Å². The van der Waals surface area contributed by atoms with Gasteiger partial charge in [-0.05, 0) is 38.8 Å². The van der Waals surface area contributed by atoms with Crippen molar-refractivity contribution in [3.05, 3.63) is 24.3 Å². The van der Waals surface area contributed by atoms with E-state index in [-0.39, 0.29) is 5.91 Å². The number of hydrogen-bond acceptors (Lipinski definition) is 1. The van der Waals surface area contributed by atoms with E-state index in [1.54, 1.807) is 0 Å². The van der Waals surface area contributed by atoms with E-state index in [4.69, 9.17) is 0 Å². The zero-order valence-corrected chi connectivity index (χ0v) is 15.7. The fraction of sp³-hybridized carbons (Fsp3) is 0.722. The Morgan fingerprint density at radius 3 is 2.10 bits per heavy atom. The van der Waals surface area contributed by atoms with Crippen molar-refractivity contribution in [1.82, 2.24) is 5.32 Å². The molecule has 0 saturated carbocycles. The van der Waals surface area contributed by atoms with Crippen LogP contribution in [-0.2, 0) is 4.79 Å². The summed E-state index contributed by atoms with van der Waals surface area (Å²) in [5.74, 6) is 0.214. The van der Waals surface area contributed by atoms with Crippen LogP contribution >= 0.6 is 0 Å². The quantitative estimate of drug-likeness (QED) is 0.296. The third-order valence-corrected chi connectivity index (χ3v) is 8.22. The predicted molar refractivity (Wildman–Crippen MR) is 97.4 cm³/mol. The summed E-state index contributed by atoms with van der Waals surface area (Å²) in [6.45, 7) is 17.8. The van der Waals surface area contributed by atoms with Crippen molar-refractivity contribution in [1.29, 1.82) is 0 Å². The number of hydrogen-bond donors (Lipinski definition) is 1. The summed E-state index contributed by atoms with van der Waals surface area (Å²) in [5, 5.41) is 3.06. The van der Waals surface area contributed by atoms with Crippen LogP contribution in [0.25, 0.3) is 0 Å². The Morgan fingerprint density at radius 1 is 1.05 bits per heavy atom.